The summed E-state index contributed by atoms with van der Waals surface area (Å²) in [6.07, 6.45) is 4.22. The van der Waals surface area contributed by atoms with Crippen molar-refractivity contribution in [3.8, 4) is 5.88 Å². The van der Waals surface area contributed by atoms with Crippen molar-refractivity contribution in [1.29, 1.82) is 0 Å². The molecule has 11 heteroatoms. The third-order valence-electron chi connectivity index (χ3n) is 2.75. The van der Waals surface area contributed by atoms with Crippen molar-refractivity contribution in [2.75, 3.05) is 19.0 Å². The van der Waals surface area contributed by atoms with Crippen molar-refractivity contribution in [3.63, 3.8) is 0 Å². The number of ether oxygens (including phenoxy) is 2. The SMILES string of the molecule is CCOCn1cc(NC(=O)Cn2cc([N+](=O)[O-])c(OC)n2)cn1. The highest BCUT2D eigenvalue weighted by molar-refractivity contribution is 5.90. The molecule has 2 rings (SSSR count). The van der Waals surface area contributed by atoms with Gasteiger partial charge in [0.25, 0.3) is 0 Å². The van der Waals surface area contributed by atoms with Gasteiger partial charge in [0, 0.05) is 6.61 Å². The van der Waals surface area contributed by atoms with Gasteiger partial charge in [-0.3, -0.25) is 19.6 Å². The van der Waals surface area contributed by atoms with E-state index in [0.717, 1.165) is 10.9 Å². The van der Waals surface area contributed by atoms with Gasteiger partial charge in [-0.1, -0.05) is 0 Å². The molecule has 11 nitrogen and oxygen atoms in total. The molecule has 23 heavy (non-hydrogen) atoms. The number of hydrogen-bond donors (Lipinski definition) is 1. The number of aromatic nitrogens is 4. The van der Waals surface area contributed by atoms with E-state index in [1.54, 1.807) is 6.20 Å². The lowest BCUT2D eigenvalue weighted by atomic mass is 10.5. The summed E-state index contributed by atoms with van der Waals surface area (Å²) in [7, 11) is 1.27. The minimum absolute atomic E-state index is 0.146. The van der Waals surface area contributed by atoms with Crippen LogP contribution in [0.1, 0.15) is 6.92 Å². The van der Waals surface area contributed by atoms with Crippen molar-refractivity contribution >= 4 is 17.3 Å². The van der Waals surface area contributed by atoms with Gasteiger partial charge >= 0.3 is 11.6 Å². The normalized spacial score (nSPS) is 10.5. The predicted molar refractivity (Wildman–Crippen MR) is 77.9 cm³/mol. The number of amides is 1. The number of nitrogens with one attached hydrogen (secondary N) is 1. The van der Waals surface area contributed by atoms with E-state index in [1.807, 2.05) is 6.92 Å². The van der Waals surface area contributed by atoms with Crippen LogP contribution in [0.2, 0.25) is 0 Å². The van der Waals surface area contributed by atoms with Crippen LogP contribution in [0.5, 0.6) is 5.88 Å². The molecule has 0 atom stereocenters. The third kappa shape index (κ3) is 4.26. The molecule has 0 saturated carbocycles. The maximum Gasteiger partial charge on any atom is 0.350 e. The topological polar surface area (TPSA) is 126 Å². The van der Waals surface area contributed by atoms with E-state index in [1.165, 1.54) is 18.0 Å². The summed E-state index contributed by atoms with van der Waals surface area (Å²) in [4.78, 5) is 22.1. The van der Waals surface area contributed by atoms with E-state index < -0.39 is 10.8 Å². The molecule has 0 bridgehead atoms. The number of nitrogens with zero attached hydrogens (tertiary/aromatic N) is 5. The van der Waals surface area contributed by atoms with Crippen LogP contribution in [0.25, 0.3) is 0 Å². The molecule has 0 fully saturated rings. The fraction of sp³-hybridized carbons (Fsp3) is 0.417. The highest BCUT2D eigenvalue weighted by atomic mass is 16.6. The molecule has 0 aliphatic rings. The van der Waals surface area contributed by atoms with Gasteiger partial charge in [-0.2, -0.15) is 5.10 Å². The lowest BCUT2D eigenvalue weighted by Crippen LogP contribution is -2.18. The second kappa shape index (κ2) is 7.35. The van der Waals surface area contributed by atoms with Crippen LogP contribution in [0.15, 0.2) is 18.6 Å². The van der Waals surface area contributed by atoms with Gasteiger partial charge in [-0.15, -0.1) is 5.10 Å². The first kappa shape index (κ1) is 16.4. The molecule has 0 spiro atoms. The molecule has 1 amide bonds. The Kier molecular flexibility index (Phi) is 5.25. The van der Waals surface area contributed by atoms with Crippen molar-refractivity contribution in [3.05, 3.63) is 28.7 Å². The van der Waals surface area contributed by atoms with Crippen LogP contribution in [0.3, 0.4) is 0 Å². The monoisotopic (exact) mass is 324 g/mol. The average molecular weight is 324 g/mol. The Hall–Kier alpha value is -2.95. The third-order valence-corrected chi connectivity index (χ3v) is 2.75. The van der Waals surface area contributed by atoms with E-state index in [9.17, 15) is 14.9 Å². The zero-order valence-corrected chi connectivity index (χ0v) is 12.6. The molecule has 0 aliphatic heterocycles. The van der Waals surface area contributed by atoms with Crippen LogP contribution in [-0.4, -0.2) is 44.1 Å². The Bertz CT molecular complexity index is 694. The zero-order chi connectivity index (χ0) is 16.8. The first-order chi connectivity index (χ1) is 11.0. The van der Waals surface area contributed by atoms with Crippen LogP contribution in [0.4, 0.5) is 11.4 Å². The fourth-order valence-electron chi connectivity index (χ4n) is 1.78. The van der Waals surface area contributed by atoms with E-state index in [0.29, 0.717) is 12.3 Å². The summed E-state index contributed by atoms with van der Waals surface area (Å²) in [6, 6.07) is 0. The maximum atomic E-state index is 11.9. The molecule has 2 aromatic heterocycles. The molecule has 1 N–H and O–H groups in total. The first-order valence-corrected chi connectivity index (χ1v) is 6.69. The number of anilines is 1. The Morgan fingerprint density at radius 3 is 2.83 bits per heavy atom. The smallest absolute Gasteiger partial charge is 0.350 e. The number of nitro groups is 1. The van der Waals surface area contributed by atoms with Crippen molar-refractivity contribution < 1.29 is 19.2 Å². The summed E-state index contributed by atoms with van der Waals surface area (Å²) in [5.74, 6) is -0.548. The Morgan fingerprint density at radius 1 is 1.43 bits per heavy atom. The molecule has 2 heterocycles. The zero-order valence-electron chi connectivity index (χ0n) is 12.6. The van der Waals surface area contributed by atoms with Gasteiger partial charge in [0.15, 0.2) is 0 Å². The second-order valence-electron chi connectivity index (χ2n) is 4.42. The Balaban J connectivity index is 1.96. The number of hydrogen-bond acceptors (Lipinski definition) is 7. The van der Waals surface area contributed by atoms with Crippen LogP contribution >= 0.6 is 0 Å². The predicted octanol–water partition coefficient (Wildman–Crippen LogP) is 0.629. The molecule has 2 aromatic rings. The van der Waals surface area contributed by atoms with E-state index in [-0.39, 0.29) is 24.8 Å². The molecule has 0 saturated heterocycles. The second-order valence-corrected chi connectivity index (χ2v) is 4.42. The van der Waals surface area contributed by atoms with Crippen LogP contribution < -0.4 is 10.1 Å². The molecule has 124 valence electrons. The Labute approximate surface area is 130 Å². The molecular weight excluding hydrogens is 308 g/mol. The van der Waals surface area contributed by atoms with Gasteiger partial charge in [-0.05, 0) is 6.92 Å². The van der Waals surface area contributed by atoms with E-state index in [4.69, 9.17) is 9.47 Å². The van der Waals surface area contributed by atoms with Gasteiger partial charge in [-0.25, -0.2) is 4.68 Å². The molecule has 0 aliphatic carbocycles. The highest BCUT2D eigenvalue weighted by Gasteiger charge is 2.21. The lowest BCUT2D eigenvalue weighted by molar-refractivity contribution is -0.385. The average Bonchev–Trinajstić information content (AvgIpc) is 3.11. The number of carbonyl (C=O) groups is 1. The standard InChI is InChI=1S/C12H16N6O5/c1-3-23-8-17-5-9(4-13-17)14-11(19)7-16-6-10(18(20)21)12(15-16)22-2/h4-6H,3,7-8H2,1-2H3,(H,14,19). The molecule has 0 aromatic carbocycles. The summed E-state index contributed by atoms with van der Waals surface area (Å²) < 4.78 is 12.6. The highest BCUT2D eigenvalue weighted by Crippen LogP contribution is 2.23. The summed E-state index contributed by atoms with van der Waals surface area (Å²) in [5.41, 5.74) is 0.188. The van der Waals surface area contributed by atoms with Gasteiger partial charge in [0.05, 0.1) is 30.1 Å². The fourth-order valence-corrected chi connectivity index (χ4v) is 1.78. The summed E-state index contributed by atoms with van der Waals surface area (Å²) in [5, 5.41) is 21.3. The number of rotatable bonds is 8. The van der Waals surface area contributed by atoms with Gasteiger partial charge in [0.1, 0.15) is 19.5 Å². The Morgan fingerprint density at radius 2 is 2.22 bits per heavy atom. The van der Waals surface area contributed by atoms with E-state index >= 15 is 0 Å². The van der Waals surface area contributed by atoms with Crippen LogP contribution in [0, 0.1) is 10.1 Å². The minimum Gasteiger partial charge on any atom is -0.475 e. The van der Waals surface area contributed by atoms with Crippen molar-refractivity contribution in [1.82, 2.24) is 19.6 Å². The number of methoxy groups -OCH3 is 1. The molecule has 0 radical (unpaired) electrons. The van der Waals surface area contributed by atoms with Gasteiger partial charge in [0.2, 0.25) is 5.91 Å². The van der Waals surface area contributed by atoms with Crippen molar-refractivity contribution in [2.45, 2.75) is 20.2 Å². The first-order valence-electron chi connectivity index (χ1n) is 6.69. The van der Waals surface area contributed by atoms with Gasteiger partial charge < -0.3 is 14.8 Å². The quantitative estimate of drug-likeness (QED) is 0.557. The van der Waals surface area contributed by atoms with Crippen LogP contribution in [-0.2, 0) is 22.8 Å². The number of carbonyl (C=O) groups excluding carboxylic acids is 1. The maximum absolute atomic E-state index is 11.9. The van der Waals surface area contributed by atoms with E-state index in [2.05, 4.69) is 15.5 Å². The largest absolute Gasteiger partial charge is 0.475 e. The van der Waals surface area contributed by atoms with Crippen molar-refractivity contribution in [2.24, 2.45) is 0 Å². The molecular formula is C12H16N6O5. The summed E-state index contributed by atoms with van der Waals surface area (Å²) >= 11 is 0. The molecule has 0 unspecified atom stereocenters. The lowest BCUT2D eigenvalue weighted by Gasteiger charge is -2.02. The summed E-state index contributed by atoms with van der Waals surface area (Å²) in [6.45, 7) is 2.51. The minimum atomic E-state index is -0.627.